The average molecular weight is 484 g/mol. The van der Waals surface area contributed by atoms with Gasteiger partial charge in [0.05, 0.1) is 6.61 Å². The minimum Gasteiger partial charge on any atom is -0.493 e. The smallest absolute Gasteiger partial charge is 0.336 e. The van der Waals surface area contributed by atoms with Gasteiger partial charge in [0.2, 0.25) is 0 Å². The minimum absolute atomic E-state index is 0.191. The highest BCUT2D eigenvalue weighted by Crippen LogP contribution is 2.34. The number of rotatable bonds is 7. The predicted octanol–water partition coefficient (Wildman–Crippen LogP) is 5.50. The van der Waals surface area contributed by atoms with E-state index in [1.54, 1.807) is 4.90 Å². The number of hydrogen-bond acceptors (Lipinski definition) is 4. The maximum Gasteiger partial charge on any atom is 0.336 e. The Bertz CT molecular complexity index is 1150. The molecule has 1 aliphatic heterocycles. The number of aryl methyl sites for hydroxylation is 2. The molecule has 5 nitrogen and oxygen atoms in total. The van der Waals surface area contributed by atoms with E-state index in [0.29, 0.717) is 30.0 Å². The Morgan fingerprint density at radius 3 is 2.87 bits per heavy atom. The van der Waals surface area contributed by atoms with Crippen molar-refractivity contribution in [1.82, 2.24) is 0 Å². The molecule has 162 valence electrons. The molecule has 0 spiro atoms. The van der Waals surface area contributed by atoms with E-state index in [1.807, 2.05) is 30.3 Å². The Morgan fingerprint density at radius 2 is 2.06 bits per heavy atom. The van der Waals surface area contributed by atoms with E-state index in [-0.39, 0.29) is 5.91 Å². The Kier molecular flexibility index (Phi) is 6.76. The van der Waals surface area contributed by atoms with Crippen LogP contribution in [0, 0.1) is 0 Å². The first-order valence-corrected chi connectivity index (χ1v) is 11.9. The van der Waals surface area contributed by atoms with Crippen LogP contribution in [0.1, 0.15) is 47.7 Å². The molecule has 31 heavy (non-hydrogen) atoms. The number of anilines is 1. The maximum absolute atomic E-state index is 13.9. The second-order valence-electron chi connectivity index (χ2n) is 7.74. The van der Waals surface area contributed by atoms with Crippen LogP contribution < -0.4 is 15.3 Å². The first-order chi connectivity index (χ1) is 15.1. The number of carbonyl (C=O) groups excluding carboxylic acids is 1. The van der Waals surface area contributed by atoms with E-state index in [4.69, 9.17) is 9.15 Å². The summed E-state index contributed by atoms with van der Waals surface area (Å²) >= 11 is 3.41. The normalized spacial score (nSPS) is 13.3. The van der Waals surface area contributed by atoms with E-state index in [0.717, 1.165) is 59.6 Å². The SMILES string of the molecule is CCCc1cc(=O)oc2c(C(=O)N3CCCc4ccccc43)c(OCCCBr)ccc12. The molecule has 1 aliphatic rings. The number of ether oxygens (including phenoxy) is 1. The first kappa shape index (κ1) is 21.6. The summed E-state index contributed by atoms with van der Waals surface area (Å²) in [6.07, 6.45) is 4.27. The molecule has 0 radical (unpaired) electrons. The second kappa shape index (κ2) is 9.69. The largest absolute Gasteiger partial charge is 0.493 e. The lowest BCUT2D eigenvalue weighted by molar-refractivity contribution is 0.0981. The first-order valence-electron chi connectivity index (χ1n) is 10.8. The van der Waals surface area contributed by atoms with Gasteiger partial charge < -0.3 is 14.1 Å². The van der Waals surface area contributed by atoms with E-state index in [1.165, 1.54) is 6.07 Å². The third-order valence-corrected chi connectivity index (χ3v) is 6.15. The molecule has 0 aliphatic carbocycles. The summed E-state index contributed by atoms with van der Waals surface area (Å²) in [5.74, 6) is 0.265. The third-order valence-electron chi connectivity index (χ3n) is 5.58. The van der Waals surface area contributed by atoms with Crippen molar-refractivity contribution in [3.8, 4) is 5.75 Å². The van der Waals surface area contributed by atoms with Crippen molar-refractivity contribution in [2.45, 2.75) is 39.0 Å². The highest BCUT2D eigenvalue weighted by atomic mass is 79.9. The van der Waals surface area contributed by atoms with Crippen molar-refractivity contribution in [3.05, 3.63) is 69.6 Å². The van der Waals surface area contributed by atoms with E-state index in [9.17, 15) is 9.59 Å². The fraction of sp³-hybridized carbons (Fsp3) is 0.360. The van der Waals surface area contributed by atoms with Crippen molar-refractivity contribution in [1.29, 1.82) is 0 Å². The summed E-state index contributed by atoms with van der Waals surface area (Å²) < 4.78 is 11.6. The van der Waals surface area contributed by atoms with Gasteiger partial charge in [0.25, 0.3) is 5.91 Å². The highest BCUT2D eigenvalue weighted by molar-refractivity contribution is 9.09. The molecule has 3 aromatic rings. The van der Waals surface area contributed by atoms with Gasteiger partial charge >= 0.3 is 5.63 Å². The second-order valence-corrected chi connectivity index (χ2v) is 8.53. The zero-order chi connectivity index (χ0) is 21.8. The number of amides is 1. The monoisotopic (exact) mass is 483 g/mol. The van der Waals surface area contributed by atoms with Gasteiger partial charge in [0.15, 0.2) is 5.58 Å². The average Bonchev–Trinajstić information content (AvgIpc) is 2.78. The van der Waals surface area contributed by atoms with Gasteiger partial charge in [-0.1, -0.05) is 47.5 Å². The minimum atomic E-state index is -0.443. The van der Waals surface area contributed by atoms with Crippen LogP contribution in [0.4, 0.5) is 5.69 Å². The van der Waals surface area contributed by atoms with Crippen LogP contribution in [0.15, 0.2) is 51.7 Å². The molecule has 0 saturated carbocycles. The van der Waals surface area contributed by atoms with Crippen LogP contribution in [0.5, 0.6) is 5.75 Å². The van der Waals surface area contributed by atoms with Crippen molar-refractivity contribution >= 4 is 38.5 Å². The third kappa shape index (κ3) is 4.40. The molecule has 2 aromatic carbocycles. The Labute approximate surface area is 190 Å². The van der Waals surface area contributed by atoms with Crippen LogP contribution in [-0.2, 0) is 12.8 Å². The van der Waals surface area contributed by atoms with Gasteiger partial charge in [-0.3, -0.25) is 4.79 Å². The van der Waals surface area contributed by atoms with Crippen molar-refractivity contribution < 1.29 is 13.9 Å². The van der Waals surface area contributed by atoms with Gasteiger partial charge in [0, 0.05) is 29.0 Å². The van der Waals surface area contributed by atoms with Crippen molar-refractivity contribution in [2.75, 3.05) is 23.4 Å². The van der Waals surface area contributed by atoms with Crippen molar-refractivity contribution in [3.63, 3.8) is 0 Å². The maximum atomic E-state index is 13.9. The Balaban J connectivity index is 1.88. The summed E-state index contributed by atoms with van der Waals surface area (Å²) in [6.45, 7) is 3.15. The number of para-hydroxylation sites is 1. The molecule has 1 aromatic heterocycles. The van der Waals surface area contributed by atoms with E-state index < -0.39 is 5.63 Å². The van der Waals surface area contributed by atoms with Crippen LogP contribution >= 0.6 is 15.9 Å². The number of alkyl halides is 1. The van der Waals surface area contributed by atoms with Crippen molar-refractivity contribution in [2.24, 2.45) is 0 Å². The van der Waals surface area contributed by atoms with Crippen LogP contribution in [0.25, 0.3) is 11.0 Å². The molecule has 4 rings (SSSR count). The quantitative estimate of drug-likeness (QED) is 0.252. The highest BCUT2D eigenvalue weighted by Gasteiger charge is 2.29. The Morgan fingerprint density at radius 1 is 1.23 bits per heavy atom. The molecule has 0 fully saturated rings. The molecule has 0 atom stereocenters. The molecule has 0 N–H and O–H groups in total. The summed E-state index contributed by atoms with van der Waals surface area (Å²) in [5.41, 5.74) is 3.17. The summed E-state index contributed by atoms with van der Waals surface area (Å²) in [7, 11) is 0. The molecule has 0 saturated heterocycles. The zero-order valence-electron chi connectivity index (χ0n) is 17.7. The molecule has 0 unspecified atom stereocenters. The van der Waals surface area contributed by atoms with Crippen LogP contribution in [0.2, 0.25) is 0 Å². The lowest BCUT2D eigenvalue weighted by Gasteiger charge is -2.30. The Hall–Kier alpha value is -2.60. The number of carbonyl (C=O) groups is 1. The number of halogens is 1. The molecular weight excluding hydrogens is 458 g/mol. The molecule has 6 heteroatoms. The molecule has 1 amide bonds. The lowest BCUT2D eigenvalue weighted by Crippen LogP contribution is -2.36. The number of hydrogen-bond donors (Lipinski definition) is 0. The predicted molar refractivity (Wildman–Crippen MR) is 127 cm³/mol. The summed E-state index contributed by atoms with van der Waals surface area (Å²) in [5, 5.41) is 1.60. The molecular formula is C25H26BrNO4. The fourth-order valence-corrected chi connectivity index (χ4v) is 4.42. The fourth-order valence-electron chi connectivity index (χ4n) is 4.19. The van der Waals surface area contributed by atoms with Gasteiger partial charge in [-0.2, -0.15) is 0 Å². The molecule has 0 bridgehead atoms. The van der Waals surface area contributed by atoms with Gasteiger partial charge in [-0.05, 0) is 55.0 Å². The number of benzene rings is 2. The van der Waals surface area contributed by atoms with Crippen LogP contribution in [0.3, 0.4) is 0 Å². The number of nitrogens with zero attached hydrogens (tertiary/aromatic N) is 1. The summed E-state index contributed by atoms with van der Waals surface area (Å²) in [6, 6.07) is 13.2. The van der Waals surface area contributed by atoms with E-state index >= 15 is 0 Å². The summed E-state index contributed by atoms with van der Waals surface area (Å²) in [4.78, 5) is 28.0. The van der Waals surface area contributed by atoms with Gasteiger partial charge in [-0.15, -0.1) is 0 Å². The standard InChI is InChI=1S/C25H26BrNO4/c1-2-7-18-16-22(28)31-24-19(18)11-12-21(30-15-6-13-26)23(24)25(29)27-14-5-9-17-8-3-4-10-20(17)27/h3-4,8,10-12,16H,2,5-7,9,13-15H2,1H3. The van der Waals surface area contributed by atoms with Crippen LogP contribution in [-0.4, -0.2) is 24.4 Å². The molecule has 2 heterocycles. The lowest BCUT2D eigenvalue weighted by atomic mass is 9.98. The van der Waals surface area contributed by atoms with E-state index in [2.05, 4.69) is 28.9 Å². The van der Waals surface area contributed by atoms with Gasteiger partial charge in [-0.25, -0.2) is 4.79 Å². The number of fused-ring (bicyclic) bond motifs is 2. The van der Waals surface area contributed by atoms with Gasteiger partial charge in [0.1, 0.15) is 11.3 Å². The zero-order valence-corrected chi connectivity index (χ0v) is 19.2. The topological polar surface area (TPSA) is 59.8 Å².